The zero-order valence-corrected chi connectivity index (χ0v) is 13.5. The van der Waals surface area contributed by atoms with Crippen molar-refractivity contribution in [3.8, 4) is 0 Å². The Hall–Kier alpha value is -1.13. The molecule has 0 aromatic heterocycles. The van der Waals surface area contributed by atoms with Crippen LogP contribution in [0.25, 0.3) is 0 Å². The lowest BCUT2D eigenvalue weighted by atomic mass is 10.1. The number of anilines is 1. The minimum atomic E-state index is -0.115. The van der Waals surface area contributed by atoms with Gasteiger partial charge >= 0.3 is 0 Å². The van der Waals surface area contributed by atoms with Crippen molar-refractivity contribution in [3.63, 3.8) is 0 Å². The van der Waals surface area contributed by atoms with Crippen LogP contribution >= 0.6 is 11.6 Å². The van der Waals surface area contributed by atoms with Gasteiger partial charge < -0.3 is 9.64 Å². The fourth-order valence-corrected chi connectivity index (χ4v) is 2.77. The lowest BCUT2D eigenvalue weighted by molar-refractivity contribution is -0.210. The summed E-state index contributed by atoms with van der Waals surface area (Å²) in [5.41, 5.74) is 8.40. The Bertz CT molecular complexity index is 437. The molecule has 2 N–H and O–H groups in total. The molecule has 0 radical (unpaired) electrons. The Kier molecular flexibility index (Phi) is 6.96. The molecule has 0 aliphatic carbocycles. The number of ether oxygens (including phenoxy) is 1. The number of rotatable bonds is 8. The highest BCUT2D eigenvalue weighted by Gasteiger charge is 2.20. The third-order valence-corrected chi connectivity index (χ3v) is 3.50. The average molecular weight is 299 g/mol. The van der Waals surface area contributed by atoms with Gasteiger partial charge in [0.25, 0.3) is 0 Å². The van der Waals surface area contributed by atoms with Gasteiger partial charge in [0, 0.05) is 12.8 Å². The van der Waals surface area contributed by atoms with Crippen molar-refractivity contribution in [3.05, 3.63) is 23.8 Å². The third-order valence-electron chi connectivity index (χ3n) is 3.29. The Morgan fingerprint density at radius 1 is 1.40 bits per heavy atom. The second kappa shape index (κ2) is 8.22. The topological polar surface area (TPSA) is 50.4 Å². The monoisotopic (exact) mass is 298 g/mol. The summed E-state index contributed by atoms with van der Waals surface area (Å²) >= 11 is 6.33. The maximum Gasteiger partial charge on any atom is 0.133 e. The largest absolute Gasteiger partial charge is 0.383 e. The van der Waals surface area contributed by atoms with Gasteiger partial charge in [0.2, 0.25) is 0 Å². The van der Waals surface area contributed by atoms with Crippen molar-refractivity contribution >= 4 is 23.0 Å². The second-order valence-corrected chi connectivity index (χ2v) is 5.61. The van der Waals surface area contributed by atoms with E-state index in [-0.39, 0.29) is 11.5 Å². The quantitative estimate of drug-likeness (QED) is 0.456. The van der Waals surface area contributed by atoms with E-state index in [1.54, 1.807) is 7.11 Å². The summed E-state index contributed by atoms with van der Waals surface area (Å²) in [5, 5.41) is 3.84. The second-order valence-electron chi connectivity index (χ2n) is 4.98. The molecule has 1 rings (SSSR count). The minimum absolute atomic E-state index is 0.115. The molecule has 0 bridgehead atoms. The van der Waals surface area contributed by atoms with E-state index in [4.69, 9.17) is 21.9 Å². The first-order valence-corrected chi connectivity index (χ1v) is 7.44. The van der Waals surface area contributed by atoms with E-state index < -0.39 is 0 Å². The molecule has 0 saturated heterocycles. The van der Waals surface area contributed by atoms with Gasteiger partial charge in [0.1, 0.15) is 11.2 Å². The first kappa shape index (κ1) is 16.9. The lowest BCUT2D eigenvalue weighted by Gasteiger charge is -2.33. The first-order valence-electron chi connectivity index (χ1n) is 7.00. The van der Waals surface area contributed by atoms with Gasteiger partial charge in [-0.2, -0.15) is 5.53 Å². The predicted octanol–water partition coefficient (Wildman–Crippen LogP) is 2.91. The van der Waals surface area contributed by atoms with E-state index in [2.05, 4.69) is 29.9 Å². The van der Waals surface area contributed by atoms with E-state index in [9.17, 15) is 0 Å². The molecule has 0 aliphatic rings. The molecule has 1 aromatic carbocycles. The number of methoxy groups -OCH3 is 1. The summed E-state index contributed by atoms with van der Waals surface area (Å²) < 4.78 is 5.24. The van der Waals surface area contributed by atoms with Crippen molar-refractivity contribution in [1.82, 2.24) is 0 Å². The van der Waals surface area contributed by atoms with Crippen LogP contribution in [-0.4, -0.2) is 25.3 Å². The standard InChI is InChI=1S/C15H24ClN3O/c1-5-6-13-9-14(7-8-15(13)18-17)19(12(3)16)11(2)10-20-4/h7-9,11-12,17H,5-6,10H2,1-4H3/p+1. The van der Waals surface area contributed by atoms with Crippen LogP contribution < -0.4 is 10.4 Å². The van der Waals surface area contributed by atoms with Gasteiger partial charge in [-0.25, -0.2) is 0 Å². The predicted molar refractivity (Wildman–Crippen MR) is 83.6 cm³/mol. The number of nitrogens with two attached hydrogens (primary N) is 1. The molecule has 0 heterocycles. The summed E-state index contributed by atoms with van der Waals surface area (Å²) in [5.74, 6) is 0. The van der Waals surface area contributed by atoms with Crippen LogP contribution in [0.5, 0.6) is 0 Å². The van der Waals surface area contributed by atoms with Crippen LogP contribution in [0.4, 0.5) is 11.4 Å². The summed E-state index contributed by atoms with van der Waals surface area (Å²) in [6.07, 6.45) is 2.00. The highest BCUT2D eigenvalue weighted by Crippen LogP contribution is 2.29. The SMILES string of the molecule is CCCc1cc(N(C(C)Cl)C(C)COC)ccc1N=[NH2+]. The Labute approximate surface area is 126 Å². The van der Waals surface area contributed by atoms with E-state index in [0.29, 0.717) is 6.61 Å². The van der Waals surface area contributed by atoms with Gasteiger partial charge in [0.15, 0.2) is 0 Å². The number of halogens is 1. The number of nitrogens with zero attached hydrogens (tertiary/aromatic N) is 2. The zero-order chi connectivity index (χ0) is 15.1. The maximum absolute atomic E-state index is 6.33. The third kappa shape index (κ3) is 4.18. The minimum Gasteiger partial charge on any atom is -0.383 e. The fraction of sp³-hybridized carbons (Fsp3) is 0.600. The molecular formula is C15H25ClN3O+. The molecule has 4 nitrogen and oxygen atoms in total. The van der Waals surface area contributed by atoms with Gasteiger partial charge in [0.05, 0.1) is 12.6 Å². The zero-order valence-electron chi connectivity index (χ0n) is 12.8. The Morgan fingerprint density at radius 2 is 2.10 bits per heavy atom. The highest BCUT2D eigenvalue weighted by molar-refractivity contribution is 6.21. The number of alkyl halides is 1. The van der Waals surface area contributed by atoms with E-state index in [1.807, 2.05) is 19.1 Å². The summed E-state index contributed by atoms with van der Waals surface area (Å²) in [7, 11) is 1.70. The molecule has 0 amide bonds. The summed E-state index contributed by atoms with van der Waals surface area (Å²) in [6.45, 7) is 6.84. The molecule has 112 valence electrons. The van der Waals surface area contributed by atoms with Crippen LogP contribution in [0.15, 0.2) is 23.3 Å². The molecule has 0 spiro atoms. The van der Waals surface area contributed by atoms with Crippen molar-refractivity contribution in [2.24, 2.45) is 5.11 Å². The number of benzene rings is 1. The van der Waals surface area contributed by atoms with Crippen molar-refractivity contribution in [2.45, 2.75) is 45.2 Å². The molecule has 5 heteroatoms. The van der Waals surface area contributed by atoms with Gasteiger partial charge in [-0.05, 0) is 49.1 Å². The molecule has 0 fully saturated rings. The molecule has 20 heavy (non-hydrogen) atoms. The average Bonchev–Trinajstić information content (AvgIpc) is 2.39. The first-order chi connectivity index (χ1) is 9.54. The number of hydrogen-bond acceptors (Lipinski definition) is 3. The van der Waals surface area contributed by atoms with Gasteiger partial charge in [-0.3, -0.25) is 0 Å². The van der Waals surface area contributed by atoms with Crippen LogP contribution in [0.1, 0.15) is 32.8 Å². The summed E-state index contributed by atoms with van der Waals surface area (Å²) in [6, 6.07) is 6.28. The molecular weight excluding hydrogens is 274 g/mol. The summed E-state index contributed by atoms with van der Waals surface area (Å²) in [4.78, 5) is 2.14. The number of aryl methyl sites for hydroxylation is 1. The lowest BCUT2D eigenvalue weighted by Crippen LogP contribution is -2.40. The molecule has 0 saturated carbocycles. The normalized spacial score (nSPS) is 13.8. The van der Waals surface area contributed by atoms with Crippen LogP contribution in [-0.2, 0) is 11.2 Å². The number of hydrogen-bond donors (Lipinski definition) is 1. The molecule has 2 atom stereocenters. The van der Waals surface area contributed by atoms with Crippen LogP contribution in [0, 0.1) is 0 Å². The van der Waals surface area contributed by atoms with Crippen LogP contribution in [0.2, 0.25) is 0 Å². The molecule has 0 aliphatic heterocycles. The van der Waals surface area contributed by atoms with E-state index >= 15 is 0 Å². The van der Waals surface area contributed by atoms with Crippen LogP contribution in [0.3, 0.4) is 0 Å². The smallest absolute Gasteiger partial charge is 0.133 e. The van der Waals surface area contributed by atoms with Gasteiger partial charge in [-0.1, -0.05) is 24.9 Å². The maximum atomic E-state index is 6.33. The van der Waals surface area contributed by atoms with Gasteiger partial charge in [-0.15, -0.1) is 0 Å². The van der Waals surface area contributed by atoms with Crippen molar-refractivity contribution in [1.29, 1.82) is 0 Å². The highest BCUT2D eigenvalue weighted by atomic mass is 35.5. The van der Waals surface area contributed by atoms with E-state index in [1.165, 1.54) is 0 Å². The van der Waals surface area contributed by atoms with Crippen molar-refractivity contribution in [2.75, 3.05) is 18.6 Å². The Balaban J connectivity index is 3.13. The fourth-order valence-electron chi connectivity index (χ4n) is 2.46. The van der Waals surface area contributed by atoms with E-state index in [0.717, 1.165) is 29.8 Å². The molecule has 2 unspecified atom stereocenters. The van der Waals surface area contributed by atoms with Crippen molar-refractivity contribution < 1.29 is 10.3 Å². The Morgan fingerprint density at radius 3 is 2.60 bits per heavy atom. The molecule has 1 aromatic rings.